The molecule has 0 saturated heterocycles. The summed E-state index contributed by atoms with van der Waals surface area (Å²) in [4.78, 5) is 0. The smallest absolute Gasteiger partial charge is 0.105 e. The molecule has 1 unspecified atom stereocenters. The van der Waals surface area contributed by atoms with Gasteiger partial charge in [0, 0.05) is 0 Å². The van der Waals surface area contributed by atoms with Gasteiger partial charge in [-0.3, -0.25) is 0 Å². The van der Waals surface area contributed by atoms with E-state index in [9.17, 15) is 4.21 Å². The van der Waals surface area contributed by atoms with Crippen LogP contribution in [0.5, 0.6) is 0 Å². The second-order valence-corrected chi connectivity index (χ2v) is 3.93. The van der Waals surface area contributed by atoms with Gasteiger partial charge in [0.1, 0.15) is 9.92 Å². The van der Waals surface area contributed by atoms with Crippen molar-refractivity contribution in [1.82, 2.24) is 0 Å². The molecule has 0 aromatic rings. The largest absolute Gasteiger partial charge is 0.245 e. The lowest BCUT2D eigenvalue weighted by Crippen LogP contribution is -2.20. The predicted octanol–water partition coefficient (Wildman–Crippen LogP) is 0.315. The van der Waals surface area contributed by atoms with Crippen LogP contribution in [0.15, 0.2) is 0 Å². The zero-order chi connectivity index (χ0) is 6.08. The zero-order valence-corrected chi connectivity index (χ0v) is 5.29. The second kappa shape index (κ2) is 1.79. The molecule has 3 N–H and O–H groups in total. The van der Waals surface area contributed by atoms with Crippen LogP contribution in [-0.4, -0.2) is 9.46 Å². The van der Waals surface area contributed by atoms with E-state index < -0.39 is 9.92 Å². The number of rotatable bonds is 1. The number of nitrogens with two attached hydrogens (primary N) is 1. The Labute approximate surface area is 44.0 Å². The van der Waals surface area contributed by atoms with Crippen LogP contribution in [0.1, 0.15) is 13.8 Å². The van der Waals surface area contributed by atoms with Crippen molar-refractivity contribution >= 4 is 9.92 Å². The van der Waals surface area contributed by atoms with Crippen LogP contribution in [0.25, 0.3) is 0 Å². The Kier molecular flexibility index (Phi) is 1.77. The van der Waals surface area contributed by atoms with Crippen molar-refractivity contribution < 1.29 is 4.21 Å². The summed E-state index contributed by atoms with van der Waals surface area (Å²) in [5.74, 6) is 0. The first-order valence-corrected chi connectivity index (χ1v) is 3.68. The molecule has 0 aliphatic rings. The molecule has 0 aromatic heterocycles. The lowest BCUT2D eigenvalue weighted by atomic mass is 10.6. The van der Waals surface area contributed by atoms with Crippen molar-refractivity contribution in [3.63, 3.8) is 0 Å². The highest BCUT2D eigenvalue weighted by atomic mass is 32.2. The summed E-state index contributed by atoms with van der Waals surface area (Å²) >= 11 is 0. The Balaban J connectivity index is 4.10. The van der Waals surface area contributed by atoms with E-state index in [1.54, 1.807) is 13.8 Å². The van der Waals surface area contributed by atoms with Gasteiger partial charge < -0.3 is 0 Å². The van der Waals surface area contributed by atoms with Crippen LogP contribution in [0, 0.1) is 4.78 Å². The van der Waals surface area contributed by atoms with Gasteiger partial charge in [0.05, 0.1) is 5.25 Å². The van der Waals surface area contributed by atoms with E-state index in [4.69, 9.17) is 9.92 Å². The molecule has 0 heterocycles. The maximum Gasteiger partial charge on any atom is 0.105 e. The minimum atomic E-state index is -2.74. The minimum absolute atomic E-state index is 0.229. The van der Waals surface area contributed by atoms with Crippen molar-refractivity contribution in [3.8, 4) is 0 Å². The molecule has 1 atom stereocenters. The van der Waals surface area contributed by atoms with Gasteiger partial charge in [0.2, 0.25) is 0 Å². The molecule has 0 bridgehead atoms. The topological polar surface area (TPSA) is 66.9 Å². The third kappa shape index (κ3) is 2.59. The van der Waals surface area contributed by atoms with Crippen LogP contribution in [0.3, 0.4) is 0 Å². The maximum absolute atomic E-state index is 10.3. The van der Waals surface area contributed by atoms with Crippen LogP contribution >= 0.6 is 0 Å². The van der Waals surface area contributed by atoms with E-state index in [0.717, 1.165) is 0 Å². The Bertz CT molecular complexity index is 135. The molecule has 0 amide bonds. The second-order valence-electron chi connectivity index (χ2n) is 1.70. The van der Waals surface area contributed by atoms with Crippen molar-refractivity contribution in [2.75, 3.05) is 0 Å². The highest BCUT2D eigenvalue weighted by Crippen LogP contribution is 1.89. The van der Waals surface area contributed by atoms with Gasteiger partial charge in [-0.05, 0) is 13.8 Å². The summed E-state index contributed by atoms with van der Waals surface area (Å²) in [5.41, 5.74) is 0. The number of hydrogen-bond acceptors (Lipinski definition) is 2. The first kappa shape index (κ1) is 6.91. The highest BCUT2D eigenvalue weighted by molar-refractivity contribution is 7.90. The van der Waals surface area contributed by atoms with E-state index in [1.807, 2.05) is 0 Å². The van der Waals surface area contributed by atoms with E-state index in [1.165, 1.54) is 0 Å². The van der Waals surface area contributed by atoms with E-state index in [2.05, 4.69) is 0 Å². The monoisotopic (exact) mass is 122 g/mol. The molecule has 3 nitrogen and oxygen atoms in total. The first-order chi connectivity index (χ1) is 2.94. The van der Waals surface area contributed by atoms with Crippen molar-refractivity contribution in [2.45, 2.75) is 19.1 Å². The average Bonchev–Trinajstić information content (AvgIpc) is 1.31. The Morgan fingerprint density at radius 1 is 1.71 bits per heavy atom. The molecule has 4 heteroatoms. The fourth-order valence-corrected chi connectivity index (χ4v) is 0. The quantitative estimate of drug-likeness (QED) is 0.516. The SMILES string of the molecule is CC(C)S(=N)(N)=O. The van der Waals surface area contributed by atoms with Gasteiger partial charge >= 0.3 is 0 Å². The molecular weight excluding hydrogens is 112 g/mol. The van der Waals surface area contributed by atoms with E-state index in [0.29, 0.717) is 0 Å². The van der Waals surface area contributed by atoms with E-state index in [-0.39, 0.29) is 5.25 Å². The molecule has 0 aliphatic heterocycles. The fraction of sp³-hybridized carbons (Fsp3) is 1.00. The zero-order valence-electron chi connectivity index (χ0n) is 4.47. The summed E-state index contributed by atoms with van der Waals surface area (Å²) in [6.45, 7) is 3.32. The molecule has 0 fully saturated rings. The number of hydrogen-bond donors (Lipinski definition) is 2. The molecule has 0 saturated carbocycles. The van der Waals surface area contributed by atoms with Crippen LogP contribution in [0.4, 0.5) is 0 Å². The molecule has 0 spiro atoms. The summed E-state index contributed by atoms with van der Waals surface area (Å²) in [6.07, 6.45) is 0. The molecule has 0 aromatic carbocycles. The third-order valence-corrected chi connectivity index (χ3v) is 2.10. The first-order valence-electron chi connectivity index (χ1n) is 2.00. The number of nitrogens with one attached hydrogen (secondary N) is 1. The third-order valence-electron chi connectivity index (χ3n) is 0.700. The van der Waals surface area contributed by atoms with Crippen molar-refractivity contribution in [3.05, 3.63) is 0 Å². The van der Waals surface area contributed by atoms with Crippen molar-refractivity contribution in [2.24, 2.45) is 5.14 Å². The summed E-state index contributed by atoms with van der Waals surface area (Å²) in [5, 5.41) is 4.64. The lowest BCUT2D eigenvalue weighted by molar-refractivity contribution is 0.669. The van der Waals surface area contributed by atoms with Crippen molar-refractivity contribution in [1.29, 1.82) is 4.78 Å². The molecule has 0 rings (SSSR count). The normalized spacial score (nSPS) is 19.4. The van der Waals surface area contributed by atoms with Gasteiger partial charge in [0.25, 0.3) is 0 Å². The Hall–Kier alpha value is -0.0900. The Morgan fingerprint density at radius 3 is 1.86 bits per heavy atom. The summed E-state index contributed by atoms with van der Waals surface area (Å²) in [7, 11) is -2.74. The van der Waals surface area contributed by atoms with Gasteiger partial charge in [-0.1, -0.05) is 0 Å². The molecular formula is C3H10N2OS. The van der Waals surface area contributed by atoms with Crippen LogP contribution in [0.2, 0.25) is 0 Å². The lowest BCUT2D eigenvalue weighted by Gasteiger charge is -2.00. The molecule has 44 valence electrons. The highest BCUT2D eigenvalue weighted by Gasteiger charge is 2.01. The standard InChI is InChI=1S/C3H10N2OS/c1-3(2)7(4,5)6/h3H,1-2H3,(H3,4,5,6). The van der Waals surface area contributed by atoms with Crippen LogP contribution in [-0.2, 0) is 9.92 Å². The molecule has 0 aliphatic carbocycles. The molecule has 0 radical (unpaired) electrons. The maximum atomic E-state index is 10.3. The van der Waals surface area contributed by atoms with Gasteiger partial charge in [-0.15, -0.1) is 0 Å². The van der Waals surface area contributed by atoms with Gasteiger partial charge in [-0.2, -0.15) is 0 Å². The summed E-state index contributed by atoms with van der Waals surface area (Å²) in [6, 6.07) is 0. The molecule has 7 heavy (non-hydrogen) atoms. The van der Waals surface area contributed by atoms with Crippen LogP contribution < -0.4 is 5.14 Å². The fourth-order valence-electron chi connectivity index (χ4n) is 0. The van der Waals surface area contributed by atoms with Gasteiger partial charge in [-0.25, -0.2) is 14.1 Å². The minimum Gasteiger partial charge on any atom is -0.245 e. The Morgan fingerprint density at radius 2 is 1.86 bits per heavy atom. The predicted molar refractivity (Wildman–Crippen MR) is 30.2 cm³/mol. The average molecular weight is 122 g/mol. The summed E-state index contributed by atoms with van der Waals surface area (Å²) < 4.78 is 17.0. The van der Waals surface area contributed by atoms with Gasteiger partial charge in [0.15, 0.2) is 0 Å². The van der Waals surface area contributed by atoms with E-state index >= 15 is 0 Å².